The monoisotopic (exact) mass is 431 g/mol. The number of hydrogen-bond donors (Lipinski definition) is 0. The van der Waals surface area contributed by atoms with Crippen LogP contribution in [0.2, 0.25) is 0 Å². The van der Waals surface area contributed by atoms with Crippen molar-refractivity contribution < 1.29 is 0 Å². The average Bonchev–Trinajstić information content (AvgIpc) is 3.20. The van der Waals surface area contributed by atoms with Crippen LogP contribution in [0.25, 0.3) is 22.2 Å². The van der Waals surface area contributed by atoms with Gasteiger partial charge in [0.15, 0.2) is 0 Å². The topological polar surface area (TPSA) is 28.7 Å². The highest BCUT2D eigenvalue weighted by atomic mass is 31.2. The molecule has 0 atom stereocenters. The Bertz CT molecular complexity index is 1400. The van der Waals surface area contributed by atoms with Crippen LogP contribution in [-0.4, -0.2) is 11.2 Å². The normalized spacial score (nSPS) is 11.4. The van der Waals surface area contributed by atoms with Gasteiger partial charge in [-0.3, -0.25) is 0 Å². The Balaban J connectivity index is 1.80. The van der Waals surface area contributed by atoms with Gasteiger partial charge in [-0.25, -0.2) is 0 Å². The lowest BCUT2D eigenvalue weighted by Crippen LogP contribution is -2.31. The zero-order valence-corrected chi connectivity index (χ0v) is 19.1. The van der Waals surface area contributed by atoms with E-state index in [9.17, 15) is 5.26 Å². The van der Waals surface area contributed by atoms with Gasteiger partial charge < -0.3 is 4.57 Å². The van der Waals surface area contributed by atoms with Gasteiger partial charge in [-0.05, 0) is 54.6 Å². The van der Waals surface area contributed by atoms with Gasteiger partial charge in [0, 0.05) is 23.5 Å². The van der Waals surface area contributed by atoms with Crippen LogP contribution < -0.4 is 15.9 Å². The third-order valence-corrected chi connectivity index (χ3v) is 10.4. The van der Waals surface area contributed by atoms with Gasteiger partial charge in [0.25, 0.3) is 0 Å². The fourth-order valence-corrected chi connectivity index (χ4v) is 8.06. The van der Waals surface area contributed by atoms with E-state index in [1.165, 1.54) is 27.2 Å². The molecule has 0 amide bonds. The summed E-state index contributed by atoms with van der Waals surface area (Å²) in [6, 6.07) is 41.0. The molecule has 3 heteroatoms. The van der Waals surface area contributed by atoms with Crippen molar-refractivity contribution in [3.8, 4) is 17.3 Å². The maximum atomic E-state index is 9.36. The van der Waals surface area contributed by atoms with E-state index < -0.39 is 7.26 Å². The molecule has 0 bridgehead atoms. The second-order valence-electron chi connectivity index (χ2n) is 8.17. The Morgan fingerprint density at radius 3 is 1.94 bits per heavy atom. The third-order valence-electron chi connectivity index (χ3n) is 6.38. The van der Waals surface area contributed by atoms with Crippen LogP contribution >= 0.6 is 7.26 Å². The van der Waals surface area contributed by atoms with E-state index in [1.807, 2.05) is 18.2 Å². The molecule has 0 saturated heterocycles. The minimum absolute atomic E-state index is 0.685. The number of fused-ring (bicyclic) bond motifs is 1. The highest BCUT2D eigenvalue weighted by molar-refractivity contribution is 7.95. The summed E-state index contributed by atoms with van der Waals surface area (Å²) >= 11 is 0. The number of hydrogen-bond acceptors (Lipinski definition) is 1. The minimum atomic E-state index is -1.87. The van der Waals surface area contributed by atoms with E-state index in [1.54, 1.807) is 0 Å². The van der Waals surface area contributed by atoms with Crippen molar-refractivity contribution >= 4 is 34.1 Å². The largest absolute Gasteiger partial charge is 0.343 e. The molecule has 1 aromatic heterocycles. The second-order valence-corrected chi connectivity index (χ2v) is 11.7. The number of benzene rings is 4. The summed E-state index contributed by atoms with van der Waals surface area (Å²) in [4.78, 5) is 0. The molecule has 1 heterocycles. The van der Waals surface area contributed by atoms with E-state index in [0.717, 1.165) is 10.9 Å². The number of aromatic nitrogens is 1. The van der Waals surface area contributed by atoms with Crippen molar-refractivity contribution in [2.75, 3.05) is 6.66 Å². The Morgan fingerprint density at radius 1 is 0.719 bits per heavy atom. The molecule has 0 aliphatic heterocycles. The molecule has 0 radical (unpaired) electrons. The quantitative estimate of drug-likeness (QED) is 0.339. The van der Waals surface area contributed by atoms with Crippen LogP contribution in [0.15, 0.2) is 109 Å². The van der Waals surface area contributed by atoms with Crippen LogP contribution in [-0.2, 0) is 7.05 Å². The first-order valence-corrected chi connectivity index (χ1v) is 12.9. The van der Waals surface area contributed by atoms with Crippen molar-refractivity contribution in [2.24, 2.45) is 7.05 Å². The summed E-state index contributed by atoms with van der Waals surface area (Å²) in [6.07, 6.45) is 0. The number of nitriles is 1. The fraction of sp³-hybridized carbons (Fsp3) is 0.0690. The number of nitrogens with zero attached hydrogens (tertiary/aromatic N) is 2. The Morgan fingerprint density at radius 2 is 1.31 bits per heavy atom. The first-order chi connectivity index (χ1) is 15.6. The van der Waals surface area contributed by atoms with Crippen LogP contribution in [0, 0.1) is 11.3 Å². The molecule has 0 aliphatic rings. The number of aryl methyl sites for hydroxylation is 1. The van der Waals surface area contributed by atoms with Crippen molar-refractivity contribution in [1.29, 1.82) is 5.26 Å². The Labute approximate surface area is 189 Å². The van der Waals surface area contributed by atoms with Crippen molar-refractivity contribution in [3.63, 3.8) is 0 Å². The molecular weight excluding hydrogens is 407 g/mol. The van der Waals surface area contributed by atoms with Crippen molar-refractivity contribution in [1.82, 2.24) is 4.57 Å². The van der Waals surface area contributed by atoms with E-state index in [-0.39, 0.29) is 0 Å². The average molecular weight is 431 g/mol. The SMILES string of the molecule is Cn1c(-c2ccccc2[P+](C)(c2ccccc2)c2ccccc2)cc2ccc(C#N)cc21. The molecule has 5 rings (SSSR count). The lowest BCUT2D eigenvalue weighted by Gasteiger charge is -2.25. The lowest BCUT2D eigenvalue weighted by molar-refractivity contribution is 0.979. The molecule has 2 nitrogen and oxygen atoms in total. The second kappa shape index (κ2) is 8.12. The zero-order chi connectivity index (χ0) is 22.1. The Hall–Kier alpha value is -3.66. The van der Waals surface area contributed by atoms with Gasteiger partial charge in [-0.15, -0.1) is 0 Å². The first kappa shape index (κ1) is 20.3. The van der Waals surface area contributed by atoms with Crippen LogP contribution in [0.5, 0.6) is 0 Å². The highest BCUT2D eigenvalue weighted by Crippen LogP contribution is 2.53. The lowest BCUT2D eigenvalue weighted by atomic mass is 10.1. The summed E-state index contributed by atoms with van der Waals surface area (Å²) in [5, 5.41) is 14.6. The smallest absolute Gasteiger partial charge is 0.113 e. The predicted octanol–water partition coefficient (Wildman–Crippen LogP) is 5.64. The van der Waals surface area contributed by atoms with Crippen LogP contribution in [0.4, 0.5) is 0 Å². The zero-order valence-electron chi connectivity index (χ0n) is 18.2. The third kappa shape index (κ3) is 3.23. The molecule has 0 saturated carbocycles. The van der Waals surface area contributed by atoms with Crippen molar-refractivity contribution in [2.45, 2.75) is 0 Å². The molecule has 0 unspecified atom stereocenters. The van der Waals surface area contributed by atoms with Crippen LogP contribution in [0.3, 0.4) is 0 Å². The summed E-state index contributed by atoms with van der Waals surface area (Å²) < 4.78 is 2.22. The molecule has 0 aliphatic carbocycles. The van der Waals surface area contributed by atoms with E-state index >= 15 is 0 Å². The molecule has 0 spiro atoms. The maximum absolute atomic E-state index is 9.36. The molecule has 0 N–H and O–H groups in total. The summed E-state index contributed by atoms with van der Waals surface area (Å²) in [7, 11) is 0.220. The summed E-state index contributed by atoms with van der Waals surface area (Å²) in [5.41, 5.74) is 4.18. The molecule has 154 valence electrons. The van der Waals surface area contributed by atoms with E-state index in [2.05, 4.69) is 115 Å². The fourth-order valence-electron chi connectivity index (χ4n) is 4.62. The predicted molar refractivity (Wildman–Crippen MR) is 138 cm³/mol. The standard InChI is InChI=1S/C29H24N2P/c1-31-27-19-22(21-30)17-18-23(27)20-28(31)26-15-9-10-16-29(26)32(2,24-11-5-3-6-12-24)25-13-7-4-8-14-25/h3-20H,1-2H3/q+1. The Kier molecular flexibility index (Phi) is 5.14. The molecular formula is C29H24N2P+. The van der Waals surface area contributed by atoms with Gasteiger partial charge in [0.05, 0.1) is 24.0 Å². The van der Waals surface area contributed by atoms with E-state index in [4.69, 9.17) is 0 Å². The first-order valence-electron chi connectivity index (χ1n) is 10.7. The molecule has 4 aromatic carbocycles. The van der Waals surface area contributed by atoms with Gasteiger partial charge in [0.1, 0.15) is 23.2 Å². The van der Waals surface area contributed by atoms with Crippen molar-refractivity contribution in [3.05, 3.63) is 115 Å². The summed E-state index contributed by atoms with van der Waals surface area (Å²) in [6.45, 7) is 2.42. The van der Waals surface area contributed by atoms with Gasteiger partial charge in [0.2, 0.25) is 0 Å². The maximum Gasteiger partial charge on any atom is 0.113 e. The summed E-state index contributed by atoms with van der Waals surface area (Å²) in [5.74, 6) is 0. The molecule has 32 heavy (non-hydrogen) atoms. The van der Waals surface area contributed by atoms with Gasteiger partial charge in [-0.1, -0.05) is 54.6 Å². The van der Waals surface area contributed by atoms with E-state index in [0.29, 0.717) is 5.56 Å². The number of rotatable bonds is 4. The van der Waals surface area contributed by atoms with Gasteiger partial charge >= 0.3 is 0 Å². The molecule has 0 fully saturated rings. The highest BCUT2D eigenvalue weighted by Gasteiger charge is 2.42. The van der Waals surface area contributed by atoms with Gasteiger partial charge in [-0.2, -0.15) is 5.26 Å². The van der Waals surface area contributed by atoms with Crippen LogP contribution in [0.1, 0.15) is 5.56 Å². The molecule has 5 aromatic rings. The minimum Gasteiger partial charge on any atom is -0.343 e.